The number of anilines is 1. The maximum atomic E-state index is 5.87. The molecule has 1 aliphatic rings. The van der Waals surface area contributed by atoms with E-state index >= 15 is 0 Å². The first-order chi connectivity index (χ1) is 9.58. The van der Waals surface area contributed by atoms with E-state index in [1.807, 2.05) is 24.3 Å². The Morgan fingerprint density at radius 3 is 2.75 bits per heavy atom. The summed E-state index contributed by atoms with van der Waals surface area (Å²) in [6.45, 7) is 10.2. The number of hydrogen-bond donors (Lipinski definition) is 1. The molecule has 20 heavy (non-hydrogen) atoms. The monoisotopic (exact) mass is 276 g/mol. The van der Waals surface area contributed by atoms with Gasteiger partial charge in [-0.15, -0.1) is 0 Å². The topological polar surface area (TPSA) is 38.5 Å². The van der Waals surface area contributed by atoms with Gasteiger partial charge in [-0.05, 0) is 43.7 Å². The van der Waals surface area contributed by atoms with Crippen molar-refractivity contribution in [3.8, 4) is 5.75 Å². The molecular weight excluding hydrogens is 248 g/mol. The molecule has 0 spiro atoms. The minimum absolute atomic E-state index is 0.688. The van der Waals surface area contributed by atoms with Crippen LogP contribution in [-0.2, 0) is 0 Å². The van der Waals surface area contributed by atoms with Crippen molar-refractivity contribution in [2.75, 3.05) is 25.4 Å². The number of piperidine rings is 1. The molecule has 112 valence electrons. The first-order valence-corrected chi connectivity index (χ1v) is 7.79. The summed E-state index contributed by atoms with van der Waals surface area (Å²) in [4.78, 5) is 2.61. The molecule has 1 saturated heterocycles. The fourth-order valence-electron chi connectivity index (χ4n) is 3.19. The number of nitrogen functional groups attached to an aromatic ring is 1. The van der Waals surface area contributed by atoms with Gasteiger partial charge in [0, 0.05) is 19.1 Å². The molecule has 3 atom stereocenters. The number of nitrogens with zero attached hydrogens (tertiary/aromatic N) is 1. The summed E-state index contributed by atoms with van der Waals surface area (Å²) in [6.07, 6.45) is 2.41. The normalized spacial score (nSPS) is 27.4. The van der Waals surface area contributed by atoms with Crippen LogP contribution in [0.1, 0.15) is 33.6 Å². The molecule has 0 amide bonds. The van der Waals surface area contributed by atoms with E-state index in [1.54, 1.807) is 0 Å². The molecule has 1 aliphatic heterocycles. The highest BCUT2D eigenvalue weighted by molar-refractivity contribution is 5.51. The van der Waals surface area contributed by atoms with Crippen molar-refractivity contribution in [2.24, 2.45) is 11.8 Å². The smallest absolute Gasteiger partial charge is 0.142 e. The van der Waals surface area contributed by atoms with E-state index < -0.39 is 0 Å². The van der Waals surface area contributed by atoms with Gasteiger partial charge < -0.3 is 15.4 Å². The number of para-hydroxylation sites is 2. The zero-order valence-corrected chi connectivity index (χ0v) is 13.0. The molecule has 1 fully saturated rings. The molecule has 0 aromatic heterocycles. The van der Waals surface area contributed by atoms with E-state index in [4.69, 9.17) is 10.5 Å². The summed E-state index contributed by atoms with van der Waals surface area (Å²) in [7, 11) is 0. The molecule has 3 nitrogen and oxygen atoms in total. The third-order valence-electron chi connectivity index (χ3n) is 4.49. The van der Waals surface area contributed by atoms with E-state index in [1.165, 1.54) is 13.0 Å². The van der Waals surface area contributed by atoms with Crippen molar-refractivity contribution in [3.05, 3.63) is 24.3 Å². The number of hydrogen-bond acceptors (Lipinski definition) is 3. The predicted octanol–water partition coefficient (Wildman–Crippen LogP) is 3.40. The fraction of sp³-hybridized carbons (Fsp3) is 0.647. The lowest BCUT2D eigenvalue weighted by Gasteiger charge is -2.41. The second kappa shape index (κ2) is 6.98. The molecule has 2 rings (SSSR count). The Labute approximate surface area is 123 Å². The van der Waals surface area contributed by atoms with E-state index in [2.05, 4.69) is 25.7 Å². The van der Waals surface area contributed by atoms with Crippen LogP contribution in [-0.4, -0.2) is 30.6 Å². The number of rotatable bonds is 5. The Balaban J connectivity index is 1.74. The summed E-state index contributed by atoms with van der Waals surface area (Å²) < 4.78 is 5.77. The fourth-order valence-corrected chi connectivity index (χ4v) is 3.19. The van der Waals surface area contributed by atoms with Gasteiger partial charge in [-0.2, -0.15) is 0 Å². The summed E-state index contributed by atoms with van der Waals surface area (Å²) in [5.74, 6) is 2.41. The third-order valence-corrected chi connectivity index (χ3v) is 4.49. The van der Waals surface area contributed by atoms with Crippen molar-refractivity contribution < 1.29 is 4.74 Å². The van der Waals surface area contributed by atoms with Gasteiger partial charge in [0.2, 0.25) is 0 Å². The Hall–Kier alpha value is -1.22. The lowest BCUT2D eigenvalue weighted by Crippen LogP contribution is -2.46. The third kappa shape index (κ3) is 3.89. The predicted molar refractivity (Wildman–Crippen MR) is 84.9 cm³/mol. The molecule has 0 radical (unpaired) electrons. The average molecular weight is 276 g/mol. The first-order valence-electron chi connectivity index (χ1n) is 7.79. The van der Waals surface area contributed by atoms with Crippen LogP contribution in [0.4, 0.5) is 5.69 Å². The minimum atomic E-state index is 0.688. The van der Waals surface area contributed by atoms with Crippen LogP contribution in [0.5, 0.6) is 5.75 Å². The first kappa shape index (κ1) is 15.2. The van der Waals surface area contributed by atoms with E-state index in [0.717, 1.165) is 42.8 Å². The van der Waals surface area contributed by atoms with Crippen LogP contribution in [0.25, 0.3) is 0 Å². The highest BCUT2D eigenvalue weighted by Crippen LogP contribution is 2.27. The Kier molecular flexibility index (Phi) is 5.30. The lowest BCUT2D eigenvalue weighted by molar-refractivity contribution is 0.0746. The standard InChI is InChI=1S/C17H28N2O/c1-13-11-14(2)15(3)19(12-13)9-6-10-20-17-8-5-4-7-16(17)18/h4-5,7-8,13-15H,6,9-12,18H2,1-3H3. The second-order valence-electron chi connectivity index (χ2n) is 6.29. The number of nitrogens with two attached hydrogens (primary N) is 1. The van der Waals surface area contributed by atoms with E-state index in [0.29, 0.717) is 6.04 Å². The van der Waals surface area contributed by atoms with Crippen molar-refractivity contribution in [3.63, 3.8) is 0 Å². The van der Waals surface area contributed by atoms with Crippen LogP contribution in [0.3, 0.4) is 0 Å². The minimum Gasteiger partial charge on any atom is -0.491 e. The van der Waals surface area contributed by atoms with Gasteiger partial charge >= 0.3 is 0 Å². The number of ether oxygens (including phenoxy) is 1. The van der Waals surface area contributed by atoms with Gasteiger partial charge in [0.05, 0.1) is 12.3 Å². The highest BCUT2D eigenvalue weighted by Gasteiger charge is 2.27. The maximum absolute atomic E-state index is 5.87. The van der Waals surface area contributed by atoms with Crippen molar-refractivity contribution in [1.82, 2.24) is 4.90 Å². The van der Waals surface area contributed by atoms with Crippen molar-refractivity contribution >= 4 is 5.69 Å². The largest absolute Gasteiger partial charge is 0.491 e. The van der Waals surface area contributed by atoms with Gasteiger partial charge in [0.25, 0.3) is 0 Å². The van der Waals surface area contributed by atoms with Crippen LogP contribution in [0, 0.1) is 11.8 Å². The summed E-state index contributed by atoms with van der Waals surface area (Å²) in [6, 6.07) is 8.39. The summed E-state index contributed by atoms with van der Waals surface area (Å²) in [5.41, 5.74) is 6.59. The molecule has 1 aromatic carbocycles. The molecule has 0 saturated carbocycles. The van der Waals surface area contributed by atoms with Crippen LogP contribution in [0.15, 0.2) is 24.3 Å². The van der Waals surface area contributed by atoms with Gasteiger partial charge in [0.15, 0.2) is 0 Å². The maximum Gasteiger partial charge on any atom is 0.142 e. The summed E-state index contributed by atoms with van der Waals surface area (Å²) in [5, 5.41) is 0. The van der Waals surface area contributed by atoms with Gasteiger partial charge in [-0.25, -0.2) is 0 Å². The van der Waals surface area contributed by atoms with Crippen molar-refractivity contribution in [2.45, 2.75) is 39.7 Å². The Bertz CT molecular complexity index is 421. The van der Waals surface area contributed by atoms with Crippen molar-refractivity contribution in [1.29, 1.82) is 0 Å². The zero-order valence-electron chi connectivity index (χ0n) is 13.0. The van der Waals surface area contributed by atoms with Crippen LogP contribution >= 0.6 is 0 Å². The SMILES string of the molecule is CC1CC(C)C(C)N(CCCOc2ccccc2N)C1. The van der Waals surface area contributed by atoms with Crippen LogP contribution < -0.4 is 10.5 Å². The highest BCUT2D eigenvalue weighted by atomic mass is 16.5. The van der Waals surface area contributed by atoms with Gasteiger partial charge in [-0.1, -0.05) is 26.0 Å². The number of likely N-dealkylation sites (tertiary alicyclic amines) is 1. The summed E-state index contributed by atoms with van der Waals surface area (Å²) >= 11 is 0. The number of benzene rings is 1. The molecule has 0 bridgehead atoms. The Morgan fingerprint density at radius 2 is 2.00 bits per heavy atom. The molecular formula is C17H28N2O. The zero-order chi connectivity index (χ0) is 14.5. The second-order valence-corrected chi connectivity index (χ2v) is 6.29. The molecule has 0 aliphatic carbocycles. The molecule has 3 heteroatoms. The lowest BCUT2D eigenvalue weighted by atomic mass is 9.86. The van der Waals surface area contributed by atoms with E-state index in [-0.39, 0.29) is 0 Å². The van der Waals surface area contributed by atoms with Crippen LogP contribution in [0.2, 0.25) is 0 Å². The molecule has 1 heterocycles. The quantitative estimate of drug-likeness (QED) is 0.661. The molecule has 3 unspecified atom stereocenters. The van der Waals surface area contributed by atoms with E-state index in [9.17, 15) is 0 Å². The molecule has 1 aromatic rings. The average Bonchev–Trinajstić information content (AvgIpc) is 2.41. The van der Waals surface area contributed by atoms with Gasteiger partial charge in [0.1, 0.15) is 5.75 Å². The molecule has 2 N–H and O–H groups in total. The van der Waals surface area contributed by atoms with Gasteiger partial charge in [-0.3, -0.25) is 0 Å². The Morgan fingerprint density at radius 1 is 1.25 bits per heavy atom.